The number of rotatable bonds is 3. The first-order valence-corrected chi connectivity index (χ1v) is 6.46. The second kappa shape index (κ2) is 5.52. The van der Waals surface area contributed by atoms with Gasteiger partial charge >= 0.3 is 6.03 Å². The van der Waals surface area contributed by atoms with E-state index in [1.807, 2.05) is 54.6 Å². The van der Waals surface area contributed by atoms with Gasteiger partial charge in [-0.2, -0.15) is 0 Å². The van der Waals surface area contributed by atoms with Crippen molar-refractivity contribution in [2.45, 2.75) is 0 Å². The zero-order valence-electron chi connectivity index (χ0n) is 10.9. The molecule has 0 spiro atoms. The molecule has 0 bridgehead atoms. The molecule has 3 rings (SSSR count). The summed E-state index contributed by atoms with van der Waals surface area (Å²) in [6, 6.07) is 17.0. The van der Waals surface area contributed by atoms with E-state index in [-0.39, 0.29) is 6.03 Å². The van der Waals surface area contributed by atoms with Gasteiger partial charge in [-0.1, -0.05) is 24.3 Å². The van der Waals surface area contributed by atoms with E-state index < -0.39 is 0 Å². The summed E-state index contributed by atoms with van der Waals surface area (Å²) in [7, 11) is 0. The Balaban J connectivity index is 1.77. The van der Waals surface area contributed by atoms with Crippen LogP contribution in [0.3, 0.4) is 0 Å². The number of hydrogen-bond acceptors (Lipinski definition) is 3. The first-order chi connectivity index (χ1) is 9.81. The molecule has 1 aliphatic heterocycles. The molecule has 1 heterocycles. The quantitative estimate of drug-likeness (QED) is 0.900. The van der Waals surface area contributed by atoms with E-state index in [2.05, 4.69) is 10.7 Å². The highest BCUT2D eigenvalue weighted by atomic mass is 16.5. The van der Waals surface area contributed by atoms with Crippen molar-refractivity contribution in [1.29, 1.82) is 0 Å². The van der Waals surface area contributed by atoms with Crippen molar-refractivity contribution < 1.29 is 9.53 Å². The lowest BCUT2D eigenvalue weighted by Gasteiger charge is -2.29. The molecule has 2 N–H and O–H groups in total. The third-order valence-corrected chi connectivity index (χ3v) is 2.97. The number of hydrogen-bond donors (Lipinski definition) is 2. The smallest absolute Gasteiger partial charge is 0.333 e. The van der Waals surface area contributed by atoms with Crippen LogP contribution in [0.15, 0.2) is 54.6 Å². The van der Waals surface area contributed by atoms with Gasteiger partial charge in [0.2, 0.25) is 0 Å². The molecule has 1 fully saturated rings. The van der Waals surface area contributed by atoms with Gasteiger partial charge in [-0.3, -0.25) is 5.01 Å². The number of nitrogens with one attached hydrogen (secondary N) is 2. The zero-order valence-corrected chi connectivity index (χ0v) is 10.9. The predicted molar refractivity (Wildman–Crippen MR) is 76.8 cm³/mol. The maximum absolute atomic E-state index is 11.3. The minimum atomic E-state index is -0.189. The van der Waals surface area contributed by atoms with Crippen LogP contribution in [0, 0.1) is 0 Å². The van der Waals surface area contributed by atoms with Gasteiger partial charge < -0.3 is 10.1 Å². The summed E-state index contributed by atoms with van der Waals surface area (Å²) < 4.78 is 5.78. The lowest BCUT2D eigenvalue weighted by atomic mass is 10.3. The second-order valence-electron chi connectivity index (χ2n) is 4.43. The van der Waals surface area contributed by atoms with Crippen molar-refractivity contribution in [2.75, 3.05) is 18.1 Å². The van der Waals surface area contributed by atoms with Gasteiger partial charge in [-0.05, 0) is 24.3 Å². The van der Waals surface area contributed by atoms with Crippen molar-refractivity contribution >= 4 is 11.7 Å². The van der Waals surface area contributed by atoms with Crippen LogP contribution in [-0.2, 0) is 0 Å². The molecule has 2 aromatic rings. The molecular formula is C15H15N3O2. The van der Waals surface area contributed by atoms with E-state index in [1.165, 1.54) is 0 Å². The zero-order chi connectivity index (χ0) is 13.8. The van der Waals surface area contributed by atoms with E-state index in [0.717, 1.165) is 17.2 Å². The summed E-state index contributed by atoms with van der Waals surface area (Å²) in [6.45, 7) is 1.33. The number of para-hydroxylation sites is 1. The van der Waals surface area contributed by atoms with Gasteiger partial charge in [0, 0.05) is 12.6 Å². The number of nitrogens with zero attached hydrogens (tertiary/aromatic N) is 1. The first-order valence-electron chi connectivity index (χ1n) is 6.46. The minimum Gasteiger partial charge on any atom is -0.457 e. The monoisotopic (exact) mass is 269 g/mol. The summed E-state index contributed by atoms with van der Waals surface area (Å²) in [5, 5.41) is 4.52. The van der Waals surface area contributed by atoms with Crippen LogP contribution < -0.4 is 20.5 Å². The highest BCUT2D eigenvalue weighted by Gasteiger charge is 2.15. The second-order valence-corrected chi connectivity index (χ2v) is 4.43. The molecule has 0 atom stereocenters. The minimum absolute atomic E-state index is 0.189. The molecule has 1 aliphatic rings. The van der Waals surface area contributed by atoms with Gasteiger partial charge in [-0.15, -0.1) is 0 Å². The largest absolute Gasteiger partial charge is 0.457 e. The summed E-state index contributed by atoms with van der Waals surface area (Å²) in [4.78, 5) is 11.3. The van der Waals surface area contributed by atoms with Crippen LogP contribution in [0.5, 0.6) is 11.5 Å². The van der Waals surface area contributed by atoms with E-state index in [9.17, 15) is 4.79 Å². The Morgan fingerprint density at radius 3 is 2.60 bits per heavy atom. The van der Waals surface area contributed by atoms with Gasteiger partial charge in [-0.25, -0.2) is 10.2 Å². The fraction of sp³-hybridized carbons (Fsp3) is 0.133. The van der Waals surface area contributed by atoms with E-state index >= 15 is 0 Å². The Morgan fingerprint density at radius 2 is 1.80 bits per heavy atom. The van der Waals surface area contributed by atoms with Crippen LogP contribution in [0.4, 0.5) is 10.5 Å². The number of amides is 2. The Morgan fingerprint density at radius 1 is 1.00 bits per heavy atom. The molecule has 0 aliphatic carbocycles. The van der Waals surface area contributed by atoms with E-state index in [4.69, 9.17) is 4.74 Å². The van der Waals surface area contributed by atoms with Crippen molar-refractivity contribution in [3.05, 3.63) is 54.6 Å². The number of ether oxygens (including phenoxy) is 1. The molecule has 1 saturated heterocycles. The molecule has 2 aromatic carbocycles. The molecule has 0 aromatic heterocycles. The summed E-state index contributed by atoms with van der Waals surface area (Å²) in [6.07, 6.45) is 0. The van der Waals surface area contributed by atoms with Crippen molar-refractivity contribution in [3.63, 3.8) is 0 Å². The van der Waals surface area contributed by atoms with Crippen LogP contribution in [0.2, 0.25) is 0 Å². The molecule has 5 nitrogen and oxygen atoms in total. The Bertz CT molecular complexity index is 601. The van der Waals surface area contributed by atoms with Crippen LogP contribution in [-0.4, -0.2) is 19.1 Å². The fourth-order valence-corrected chi connectivity index (χ4v) is 2.03. The number of anilines is 1. The van der Waals surface area contributed by atoms with Crippen molar-refractivity contribution in [3.8, 4) is 11.5 Å². The van der Waals surface area contributed by atoms with Crippen molar-refractivity contribution in [2.24, 2.45) is 0 Å². The molecule has 0 unspecified atom stereocenters. The van der Waals surface area contributed by atoms with Crippen molar-refractivity contribution in [1.82, 2.24) is 10.7 Å². The normalized spacial score (nSPS) is 14.4. The maximum atomic E-state index is 11.3. The fourth-order valence-electron chi connectivity index (χ4n) is 2.03. The predicted octanol–water partition coefficient (Wildman–Crippen LogP) is 2.51. The number of benzene rings is 2. The number of urea groups is 1. The number of hydrazine groups is 1. The van der Waals surface area contributed by atoms with Gasteiger partial charge in [0.25, 0.3) is 0 Å². The average molecular weight is 269 g/mol. The lowest BCUT2D eigenvalue weighted by Crippen LogP contribution is -2.56. The molecule has 0 radical (unpaired) electrons. The van der Waals surface area contributed by atoms with Crippen LogP contribution in [0.25, 0.3) is 0 Å². The summed E-state index contributed by atoms with van der Waals surface area (Å²) in [5.41, 5.74) is 3.65. The molecule has 20 heavy (non-hydrogen) atoms. The van der Waals surface area contributed by atoms with Gasteiger partial charge in [0.15, 0.2) is 0 Å². The lowest BCUT2D eigenvalue weighted by molar-refractivity contribution is 0.236. The van der Waals surface area contributed by atoms with E-state index in [1.54, 1.807) is 5.01 Å². The molecule has 102 valence electrons. The standard InChI is InChI=1S/C15H15N3O2/c19-15-16-9-10-18(17-15)12-5-4-8-14(11-12)20-13-6-2-1-3-7-13/h1-8,11H,9-10H2,(H2,16,17,19). The highest BCUT2D eigenvalue weighted by molar-refractivity contribution is 5.77. The van der Waals surface area contributed by atoms with Gasteiger partial charge in [0.05, 0.1) is 12.2 Å². The highest BCUT2D eigenvalue weighted by Crippen LogP contribution is 2.25. The number of carbonyl (C=O) groups excluding carboxylic acids is 1. The average Bonchev–Trinajstić information content (AvgIpc) is 2.49. The van der Waals surface area contributed by atoms with E-state index in [0.29, 0.717) is 13.1 Å². The topological polar surface area (TPSA) is 53.6 Å². The SMILES string of the molecule is O=C1NCCN(c2cccc(Oc3ccccc3)c2)N1. The molecule has 5 heteroatoms. The van der Waals surface area contributed by atoms with Crippen LogP contribution >= 0.6 is 0 Å². The number of carbonyl (C=O) groups is 1. The molecule has 2 amide bonds. The third kappa shape index (κ3) is 2.83. The van der Waals surface area contributed by atoms with Crippen LogP contribution in [0.1, 0.15) is 0 Å². The molecule has 0 saturated carbocycles. The third-order valence-electron chi connectivity index (χ3n) is 2.97. The summed E-state index contributed by atoms with van der Waals surface area (Å²) >= 11 is 0. The summed E-state index contributed by atoms with van der Waals surface area (Å²) in [5.74, 6) is 1.52. The Hall–Kier alpha value is -2.69. The first kappa shape index (κ1) is 12.3. The Labute approximate surface area is 117 Å². The molecular weight excluding hydrogens is 254 g/mol. The van der Waals surface area contributed by atoms with Gasteiger partial charge in [0.1, 0.15) is 11.5 Å². The Kier molecular flexibility index (Phi) is 3.41. The maximum Gasteiger partial charge on any atom is 0.333 e.